The van der Waals surface area contributed by atoms with Gasteiger partial charge in [0.25, 0.3) is 0 Å². The van der Waals surface area contributed by atoms with Crippen LogP contribution in [0.25, 0.3) is 0 Å². The van der Waals surface area contributed by atoms with Crippen LogP contribution >= 0.6 is 0 Å². The number of hydrogen-bond acceptors (Lipinski definition) is 2. The minimum Gasteiger partial charge on any atom is -0.341 e. The average Bonchev–Trinajstić information content (AvgIpc) is 2.28. The van der Waals surface area contributed by atoms with Crippen LogP contribution in [0.2, 0.25) is 0 Å². The molecule has 94 valence electrons. The number of piperidine rings is 1. The van der Waals surface area contributed by atoms with Crippen molar-refractivity contribution in [2.75, 3.05) is 13.1 Å². The quantitative estimate of drug-likeness (QED) is 0.800. The number of carbonyl (C=O) groups excluding carboxylic acids is 1. The summed E-state index contributed by atoms with van der Waals surface area (Å²) in [5, 5.41) is 0. The van der Waals surface area contributed by atoms with Crippen LogP contribution in [0.15, 0.2) is 0 Å². The lowest BCUT2D eigenvalue weighted by atomic mass is 9.78. The Morgan fingerprint density at radius 2 is 1.88 bits per heavy atom. The third-order valence-corrected chi connectivity index (χ3v) is 4.14. The Labute approximate surface area is 99.4 Å². The molecule has 0 aliphatic carbocycles. The van der Waals surface area contributed by atoms with Gasteiger partial charge < -0.3 is 10.6 Å². The van der Waals surface area contributed by atoms with Gasteiger partial charge in [-0.15, -0.1) is 0 Å². The zero-order valence-corrected chi connectivity index (χ0v) is 11.1. The number of hydrogen-bond donors (Lipinski definition) is 1. The van der Waals surface area contributed by atoms with Gasteiger partial charge in [-0.25, -0.2) is 0 Å². The summed E-state index contributed by atoms with van der Waals surface area (Å²) in [5.41, 5.74) is 6.33. The maximum Gasteiger partial charge on any atom is 0.239 e. The molecule has 3 nitrogen and oxygen atoms in total. The molecule has 1 amide bonds. The fraction of sp³-hybridized carbons (Fsp3) is 0.923. The summed E-state index contributed by atoms with van der Waals surface area (Å²) in [5.74, 6) is 0.361. The van der Waals surface area contributed by atoms with E-state index in [1.165, 1.54) is 6.42 Å². The summed E-state index contributed by atoms with van der Waals surface area (Å²) in [7, 11) is 0. The largest absolute Gasteiger partial charge is 0.341 e. The fourth-order valence-corrected chi connectivity index (χ4v) is 2.12. The molecule has 1 fully saturated rings. The molecule has 1 rings (SSSR count). The van der Waals surface area contributed by atoms with E-state index >= 15 is 0 Å². The maximum absolute atomic E-state index is 12.0. The first-order chi connectivity index (χ1) is 7.39. The van der Waals surface area contributed by atoms with E-state index in [9.17, 15) is 4.79 Å². The van der Waals surface area contributed by atoms with Gasteiger partial charge in [0.1, 0.15) is 0 Å². The first-order valence-electron chi connectivity index (χ1n) is 6.44. The van der Waals surface area contributed by atoms with Crippen LogP contribution in [-0.4, -0.2) is 29.9 Å². The van der Waals surface area contributed by atoms with Gasteiger partial charge in [-0.2, -0.15) is 0 Å². The molecule has 0 bridgehead atoms. The van der Waals surface area contributed by atoms with Crippen molar-refractivity contribution >= 4 is 5.91 Å². The van der Waals surface area contributed by atoms with Crippen LogP contribution in [0.4, 0.5) is 0 Å². The van der Waals surface area contributed by atoms with Gasteiger partial charge in [-0.1, -0.05) is 34.1 Å². The van der Waals surface area contributed by atoms with Gasteiger partial charge in [-0.3, -0.25) is 4.79 Å². The van der Waals surface area contributed by atoms with Crippen LogP contribution in [0.5, 0.6) is 0 Å². The third-order valence-electron chi connectivity index (χ3n) is 4.14. The van der Waals surface area contributed by atoms with Crippen molar-refractivity contribution in [2.24, 2.45) is 17.1 Å². The molecular weight excluding hydrogens is 200 g/mol. The minimum absolute atomic E-state index is 0.133. The number of nitrogens with zero attached hydrogens (tertiary/aromatic N) is 1. The molecule has 0 aromatic rings. The van der Waals surface area contributed by atoms with Crippen LogP contribution in [0.3, 0.4) is 0 Å². The van der Waals surface area contributed by atoms with Crippen molar-refractivity contribution in [3.8, 4) is 0 Å². The molecular formula is C13H26N2O. The second kappa shape index (κ2) is 5.17. The summed E-state index contributed by atoms with van der Waals surface area (Å²) in [6, 6.07) is -0.328. The van der Waals surface area contributed by atoms with Gasteiger partial charge >= 0.3 is 0 Å². The SMILES string of the molecule is CCC1(C)CCN(C(=O)C(N)C(C)C)CC1. The van der Waals surface area contributed by atoms with E-state index in [0.717, 1.165) is 25.9 Å². The second-order valence-corrected chi connectivity index (χ2v) is 5.76. The van der Waals surface area contributed by atoms with Crippen LogP contribution in [-0.2, 0) is 4.79 Å². The number of likely N-dealkylation sites (tertiary alicyclic amines) is 1. The highest BCUT2D eigenvalue weighted by molar-refractivity contribution is 5.82. The lowest BCUT2D eigenvalue weighted by Crippen LogP contribution is -2.50. The second-order valence-electron chi connectivity index (χ2n) is 5.76. The van der Waals surface area contributed by atoms with Gasteiger partial charge in [0.05, 0.1) is 6.04 Å². The minimum atomic E-state index is -0.328. The summed E-state index contributed by atoms with van der Waals surface area (Å²) in [4.78, 5) is 14.0. The van der Waals surface area contributed by atoms with Gasteiger partial charge in [0.15, 0.2) is 0 Å². The normalized spacial score (nSPS) is 22.2. The Morgan fingerprint density at radius 3 is 2.25 bits per heavy atom. The predicted octanol–water partition coefficient (Wildman–Crippen LogP) is 2.01. The molecule has 0 spiro atoms. The van der Waals surface area contributed by atoms with E-state index in [4.69, 9.17) is 5.73 Å². The van der Waals surface area contributed by atoms with Crippen LogP contribution < -0.4 is 5.73 Å². The van der Waals surface area contributed by atoms with Crippen molar-refractivity contribution in [1.82, 2.24) is 4.90 Å². The van der Waals surface area contributed by atoms with E-state index in [1.54, 1.807) is 0 Å². The average molecular weight is 226 g/mol. The Morgan fingerprint density at radius 1 is 1.38 bits per heavy atom. The lowest BCUT2D eigenvalue weighted by Gasteiger charge is -2.40. The van der Waals surface area contributed by atoms with Crippen molar-refractivity contribution in [1.29, 1.82) is 0 Å². The fourth-order valence-electron chi connectivity index (χ4n) is 2.12. The lowest BCUT2D eigenvalue weighted by molar-refractivity contribution is -0.135. The molecule has 0 saturated carbocycles. The van der Waals surface area contributed by atoms with Crippen LogP contribution in [0, 0.1) is 11.3 Å². The Kier molecular flexibility index (Phi) is 4.36. The van der Waals surface area contributed by atoms with E-state index in [1.807, 2.05) is 18.7 Å². The van der Waals surface area contributed by atoms with Gasteiger partial charge in [0.2, 0.25) is 5.91 Å². The van der Waals surface area contributed by atoms with Crippen molar-refractivity contribution in [3.63, 3.8) is 0 Å². The first-order valence-corrected chi connectivity index (χ1v) is 6.44. The van der Waals surface area contributed by atoms with Crippen LogP contribution in [0.1, 0.15) is 47.0 Å². The zero-order valence-electron chi connectivity index (χ0n) is 11.1. The highest BCUT2D eigenvalue weighted by atomic mass is 16.2. The summed E-state index contributed by atoms with van der Waals surface area (Å²) >= 11 is 0. The van der Waals surface area contributed by atoms with E-state index in [0.29, 0.717) is 5.41 Å². The molecule has 1 atom stereocenters. The Bertz CT molecular complexity index is 242. The summed E-state index contributed by atoms with van der Waals surface area (Å²) in [6.45, 7) is 10.3. The number of carbonyl (C=O) groups is 1. The molecule has 2 N–H and O–H groups in total. The monoisotopic (exact) mass is 226 g/mol. The smallest absolute Gasteiger partial charge is 0.239 e. The molecule has 1 aliphatic heterocycles. The topological polar surface area (TPSA) is 46.3 Å². The third kappa shape index (κ3) is 2.97. The van der Waals surface area contributed by atoms with E-state index < -0.39 is 0 Å². The summed E-state index contributed by atoms with van der Waals surface area (Å²) in [6.07, 6.45) is 3.42. The van der Waals surface area contributed by atoms with E-state index in [-0.39, 0.29) is 17.9 Å². The van der Waals surface area contributed by atoms with Gasteiger partial charge in [0, 0.05) is 13.1 Å². The molecule has 1 unspecified atom stereocenters. The van der Waals surface area contributed by atoms with Crippen molar-refractivity contribution < 1.29 is 4.79 Å². The molecule has 0 aromatic heterocycles. The Balaban J connectivity index is 2.51. The van der Waals surface area contributed by atoms with E-state index in [2.05, 4.69) is 13.8 Å². The molecule has 3 heteroatoms. The first kappa shape index (κ1) is 13.5. The summed E-state index contributed by atoms with van der Waals surface area (Å²) < 4.78 is 0. The van der Waals surface area contributed by atoms with Gasteiger partial charge in [-0.05, 0) is 24.2 Å². The standard InChI is InChI=1S/C13H26N2O/c1-5-13(4)6-8-15(9-7-13)12(16)11(14)10(2)3/h10-11H,5-9,14H2,1-4H3. The number of nitrogens with two attached hydrogens (primary N) is 1. The molecule has 1 aliphatic rings. The molecule has 0 aromatic carbocycles. The Hall–Kier alpha value is -0.570. The zero-order chi connectivity index (χ0) is 12.3. The van der Waals surface area contributed by atoms with Crippen molar-refractivity contribution in [3.05, 3.63) is 0 Å². The molecule has 0 radical (unpaired) electrons. The highest BCUT2D eigenvalue weighted by Gasteiger charge is 2.32. The molecule has 1 saturated heterocycles. The number of rotatable bonds is 3. The maximum atomic E-state index is 12.0. The highest BCUT2D eigenvalue weighted by Crippen LogP contribution is 2.34. The predicted molar refractivity (Wildman–Crippen MR) is 67.0 cm³/mol. The number of amides is 1. The molecule has 16 heavy (non-hydrogen) atoms. The van der Waals surface area contributed by atoms with Crippen molar-refractivity contribution in [2.45, 2.75) is 53.0 Å². The molecule has 1 heterocycles.